The number of rotatable bonds is 8. The van der Waals surface area contributed by atoms with E-state index in [2.05, 4.69) is 45.0 Å². The topological polar surface area (TPSA) is 24.5 Å². The van der Waals surface area contributed by atoms with Crippen LogP contribution in [0.15, 0.2) is 0 Å². The van der Waals surface area contributed by atoms with Crippen molar-refractivity contribution in [2.45, 2.75) is 40.2 Å². The smallest absolute Gasteiger partial charge is 0.0474 e. The van der Waals surface area contributed by atoms with Gasteiger partial charge in [-0.05, 0) is 32.4 Å². The molecule has 0 heterocycles. The Morgan fingerprint density at radius 2 is 1.88 bits per heavy atom. The zero-order chi connectivity index (χ0) is 12.6. The van der Waals surface area contributed by atoms with Gasteiger partial charge in [-0.2, -0.15) is 0 Å². The molecule has 0 aliphatic rings. The van der Waals surface area contributed by atoms with Crippen LogP contribution in [0.25, 0.3) is 0 Å². The number of ether oxygens (including phenoxy) is 1. The fourth-order valence-corrected chi connectivity index (χ4v) is 1.58. The summed E-state index contributed by atoms with van der Waals surface area (Å²) in [5.74, 6) is 0. The van der Waals surface area contributed by atoms with Crippen LogP contribution in [0.3, 0.4) is 0 Å². The molecule has 3 heteroatoms. The van der Waals surface area contributed by atoms with E-state index in [1.54, 1.807) is 7.11 Å². The van der Waals surface area contributed by atoms with Crippen LogP contribution < -0.4 is 5.32 Å². The quantitative estimate of drug-likeness (QED) is 0.645. The molecule has 0 aliphatic heterocycles. The lowest BCUT2D eigenvalue weighted by Gasteiger charge is -2.35. The van der Waals surface area contributed by atoms with Gasteiger partial charge in [-0.1, -0.05) is 20.8 Å². The van der Waals surface area contributed by atoms with E-state index in [0.717, 1.165) is 32.7 Å². The Bertz CT molecular complexity index is 166. The fourth-order valence-electron chi connectivity index (χ4n) is 1.58. The molecule has 1 unspecified atom stereocenters. The van der Waals surface area contributed by atoms with Gasteiger partial charge in [0, 0.05) is 32.8 Å². The first kappa shape index (κ1) is 15.9. The summed E-state index contributed by atoms with van der Waals surface area (Å²) in [7, 11) is 3.95. The van der Waals surface area contributed by atoms with Gasteiger partial charge in [-0.3, -0.25) is 0 Å². The lowest BCUT2D eigenvalue weighted by atomic mass is 9.87. The lowest BCUT2D eigenvalue weighted by Crippen LogP contribution is -2.42. The molecule has 0 aliphatic carbocycles. The molecule has 0 aromatic rings. The Balaban J connectivity index is 3.54. The largest absolute Gasteiger partial charge is 0.385 e. The second-order valence-electron chi connectivity index (χ2n) is 5.62. The van der Waals surface area contributed by atoms with Crippen molar-refractivity contribution in [3.05, 3.63) is 0 Å². The molecule has 0 saturated heterocycles. The maximum atomic E-state index is 5.00. The minimum Gasteiger partial charge on any atom is -0.385 e. The van der Waals surface area contributed by atoms with Gasteiger partial charge in [-0.15, -0.1) is 0 Å². The first-order valence-corrected chi connectivity index (χ1v) is 6.29. The van der Waals surface area contributed by atoms with Crippen molar-refractivity contribution >= 4 is 0 Å². The second kappa shape index (κ2) is 8.04. The summed E-state index contributed by atoms with van der Waals surface area (Å²) in [5.41, 5.74) is 0.352. The van der Waals surface area contributed by atoms with E-state index >= 15 is 0 Å². The molecule has 16 heavy (non-hydrogen) atoms. The van der Waals surface area contributed by atoms with E-state index < -0.39 is 0 Å². The second-order valence-corrected chi connectivity index (χ2v) is 5.62. The summed E-state index contributed by atoms with van der Waals surface area (Å²) in [6, 6.07) is 0.605. The number of hydrogen-bond acceptors (Lipinski definition) is 3. The molecule has 3 nitrogen and oxygen atoms in total. The van der Waals surface area contributed by atoms with Gasteiger partial charge >= 0.3 is 0 Å². The summed E-state index contributed by atoms with van der Waals surface area (Å²) >= 11 is 0. The Morgan fingerprint density at radius 3 is 2.38 bits per heavy atom. The van der Waals surface area contributed by atoms with Crippen LogP contribution in [0.1, 0.15) is 34.1 Å². The fraction of sp³-hybridized carbons (Fsp3) is 1.00. The molecule has 0 aromatic carbocycles. The van der Waals surface area contributed by atoms with Crippen LogP contribution in [-0.4, -0.2) is 51.3 Å². The van der Waals surface area contributed by atoms with E-state index in [1.807, 2.05) is 0 Å². The molecular weight excluding hydrogens is 200 g/mol. The maximum Gasteiger partial charge on any atom is 0.0474 e. The van der Waals surface area contributed by atoms with E-state index in [9.17, 15) is 0 Å². The Hall–Kier alpha value is -0.120. The lowest BCUT2D eigenvalue weighted by molar-refractivity contribution is 0.141. The predicted octanol–water partition coefficient (Wildman–Crippen LogP) is 1.98. The van der Waals surface area contributed by atoms with Crippen LogP contribution in [0, 0.1) is 5.41 Å². The molecule has 0 spiro atoms. The van der Waals surface area contributed by atoms with Crippen LogP contribution in [0.2, 0.25) is 0 Å². The van der Waals surface area contributed by atoms with Crippen LogP contribution in [0.4, 0.5) is 0 Å². The van der Waals surface area contributed by atoms with Crippen molar-refractivity contribution in [2.24, 2.45) is 5.41 Å². The van der Waals surface area contributed by atoms with Gasteiger partial charge in [0.2, 0.25) is 0 Å². The molecule has 0 bridgehead atoms. The van der Waals surface area contributed by atoms with Gasteiger partial charge in [0.15, 0.2) is 0 Å². The SMILES string of the molecule is COCCCNCCN(C)C(C)C(C)(C)C. The number of nitrogens with one attached hydrogen (secondary N) is 1. The van der Waals surface area contributed by atoms with E-state index in [4.69, 9.17) is 4.74 Å². The van der Waals surface area contributed by atoms with E-state index in [-0.39, 0.29) is 0 Å². The number of nitrogens with zero attached hydrogens (tertiary/aromatic N) is 1. The third-order valence-electron chi connectivity index (χ3n) is 3.26. The molecule has 1 atom stereocenters. The summed E-state index contributed by atoms with van der Waals surface area (Å²) < 4.78 is 5.00. The normalized spacial score (nSPS) is 14.4. The Morgan fingerprint density at radius 1 is 1.25 bits per heavy atom. The Labute approximate surface area is 102 Å². The molecule has 1 N–H and O–H groups in total. The van der Waals surface area contributed by atoms with Crippen LogP contribution in [-0.2, 0) is 4.74 Å². The minimum absolute atomic E-state index is 0.352. The summed E-state index contributed by atoms with van der Waals surface area (Å²) in [6.07, 6.45) is 1.09. The third kappa shape index (κ3) is 7.20. The highest BCUT2D eigenvalue weighted by Crippen LogP contribution is 2.22. The van der Waals surface area contributed by atoms with Crippen molar-refractivity contribution in [1.82, 2.24) is 10.2 Å². The van der Waals surface area contributed by atoms with Crippen molar-refractivity contribution < 1.29 is 4.74 Å². The van der Waals surface area contributed by atoms with Gasteiger partial charge in [-0.25, -0.2) is 0 Å². The maximum absolute atomic E-state index is 5.00. The average molecular weight is 230 g/mol. The molecule has 0 saturated carbocycles. The standard InChI is InChI=1S/C13H30N2O/c1-12(13(2,3)4)15(5)10-9-14-8-7-11-16-6/h12,14H,7-11H2,1-6H3. The highest BCUT2D eigenvalue weighted by atomic mass is 16.5. The number of likely N-dealkylation sites (N-methyl/N-ethyl adjacent to an activating group) is 1. The number of methoxy groups -OCH3 is 1. The van der Waals surface area contributed by atoms with Crippen LogP contribution in [0.5, 0.6) is 0 Å². The summed E-state index contributed by atoms with van der Waals surface area (Å²) in [6.45, 7) is 13.2. The van der Waals surface area contributed by atoms with Crippen molar-refractivity contribution in [3.8, 4) is 0 Å². The van der Waals surface area contributed by atoms with Gasteiger partial charge in [0.1, 0.15) is 0 Å². The number of hydrogen-bond donors (Lipinski definition) is 1. The summed E-state index contributed by atoms with van der Waals surface area (Å²) in [5, 5.41) is 3.44. The zero-order valence-corrected chi connectivity index (χ0v) is 12.0. The highest BCUT2D eigenvalue weighted by Gasteiger charge is 2.23. The molecule has 0 aromatic heterocycles. The van der Waals surface area contributed by atoms with Crippen molar-refractivity contribution in [1.29, 1.82) is 0 Å². The molecule has 0 rings (SSSR count). The molecular formula is C13H30N2O. The van der Waals surface area contributed by atoms with E-state index in [0.29, 0.717) is 11.5 Å². The highest BCUT2D eigenvalue weighted by molar-refractivity contribution is 4.77. The van der Waals surface area contributed by atoms with Gasteiger partial charge in [0.05, 0.1) is 0 Å². The van der Waals surface area contributed by atoms with Gasteiger partial charge < -0.3 is 15.0 Å². The molecule has 0 fully saturated rings. The third-order valence-corrected chi connectivity index (χ3v) is 3.26. The Kier molecular flexibility index (Phi) is 7.98. The van der Waals surface area contributed by atoms with Gasteiger partial charge in [0.25, 0.3) is 0 Å². The molecule has 0 radical (unpaired) electrons. The first-order valence-electron chi connectivity index (χ1n) is 6.29. The average Bonchev–Trinajstić information content (AvgIpc) is 2.20. The summed E-state index contributed by atoms with van der Waals surface area (Å²) in [4.78, 5) is 2.42. The van der Waals surface area contributed by atoms with E-state index in [1.165, 1.54) is 0 Å². The monoisotopic (exact) mass is 230 g/mol. The first-order chi connectivity index (χ1) is 7.39. The predicted molar refractivity (Wildman–Crippen MR) is 70.9 cm³/mol. The minimum atomic E-state index is 0.352. The molecule has 98 valence electrons. The zero-order valence-electron chi connectivity index (χ0n) is 12.0. The van der Waals surface area contributed by atoms with Crippen molar-refractivity contribution in [3.63, 3.8) is 0 Å². The van der Waals surface area contributed by atoms with Crippen molar-refractivity contribution in [2.75, 3.05) is 40.4 Å². The van der Waals surface area contributed by atoms with Crippen LogP contribution >= 0.6 is 0 Å². The molecule has 0 amide bonds.